The number of nitrogens with zero attached hydrogens (tertiary/aromatic N) is 1. The van der Waals surface area contributed by atoms with Crippen LogP contribution in [0.4, 0.5) is 10.5 Å². The molecule has 1 amide bonds. The van der Waals surface area contributed by atoms with Gasteiger partial charge in [0, 0.05) is 36.7 Å². The number of carbonyl (C=O) groups excluding carboxylic acids is 1. The number of ether oxygens (including phenoxy) is 1. The molecule has 6 rings (SSSR count). The molecular formula is C33H38N2O3Si. The molecule has 1 unspecified atom stereocenters. The van der Waals surface area contributed by atoms with Gasteiger partial charge in [-0.15, -0.1) is 0 Å². The third-order valence-corrected chi connectivity index (χ3v) is 13.9. The van der Waals surface area contributed by atoms with Gasteiger partial charge in [-0.3, -0.25) is 0 Å². The maximum Gasteiger partial charge on any atom is 0.410 e. The summed E-state index contributed by atoms with van der Waals surface area (Å²) in [6, 6.07) is 28.1. The first-order valence-electron chi connectivity index (χ1n) is 14.0. The van der Waals surface area contributed by atoms with Crippen LogP contribution in [-0.4, -0.2) is 52.2 Å². The predicted octanol–water partition coefficient (Wildman–Crippen LogP) is 5.64. The monoisotopic (exact) mass is 538 g/mol. The molecule has 2 aliphatic heterocycles. The predicted molar refractivity (Wildman–Crippen MR) is 160 cm³/mol. The summed E-state index contributed by atoms with van der Waals surface area (Å²) in [5, 5.41) is 5.99. The molecule has 2 heterocycles. The van der Waals surface area contributed by atoms with Crippen molar-refractivity contribution in [2.75, 3.05) is 32.1 Å². The van der Waals surface area contributed by atoms with Gasteiger partial charge < -0.3 is 19.4 Å². The van der Waals surface area contributed by atoms with Crippen LogP contribution in [0, 0.1) is 0 Å². The average Bonchev–Trinajstić information content (AvgIpc) is 3.37. The fourth-order valence-electron chi connectivity index (χ4n) is 7.20. The van der Waals surface area contributed by atoms with E-state index in [1.807, 2.05) is 4.90 Å². The Morgan fingerprint density at radius 2 is 1.64 bits per heavy atom. The first-order valence-corrected chi connectivity index (χ1v) is 15.9. The topological polar surface area (TPSA) is 50.8 Å². The summed E-state index contributed by atoms with van der Waals surface area (Å²) in [6.07, 6.45) is 3.08. The molecule has 1 aliphatic carbocycles. The molecule has 0 aromatic heterocycles. The van der Waals surface area contributed by atoms with Gasteiger partial charge in [-0.1, -0.05) is 99.6 Å². The standard InChI is InChI=1S/C33H38N2O3Si/c1-33(2,3)39(25-12-7-5-8-13-25,26-14-9-6-10-15-26)38-22-23-18-28-27-16-11-17-29-31(27)24(20-34-29)19-30(28)35(21-23)32(36)37-4/h5-18,24,28,30,34H,19-22H2,1-4H3/t24?,28-,30+/m0/s1. The van der Waals surface area contributed by atoms with E-state index < -0.39 is 8.32 Å². The zero-order valence-corrected chi connectivity index (χ0v) is 24.3. The highest BCUT2D eigenvalue weighted by Crippen LogP contribution is 2.49. The molecule has 202 valence electrons. The Kier molecular flexibility index (Phi) is 6.64. The van der Waals surface area contributed by atoms with Crippen LogP contribution < -0.4 is 15.7 Å². The number of fused-ring (bicyclic) bond motifs is 2. The largest absolute Gasteiger partial charge is 0.453 e. The maximum absolute atomic E-state index is 13.1. The molecule has 3 aromatic carbocycles. The van der Waals surface area contributed by atoms with Gasteiger partial charge in [-0.05, 0) is 44.6 Å². The van der Waals surface area contributed by atoms with Crippen LogP contribution in [0.25, 0.3) is 0 Å². The molecule has 0 spiro atoms. The van der Waals surface area contributed by atoms with Gasteiger partial charge in [0.1, 0.15) is 0 Å². The van der Waals surface area contributed by atoms with Crippen LogP contribution in [0.5, 0.6) is 0 Å². The molecule has 5 nitrogen and oxygen atoms in total. The second-order valence-corrected chi connectivity index (χ2v) is 16.4. The van der Waals surface area contributed by atoms with Gasteiger partial charge in [0.15, 0.2) is 0 Å². The molecular weight excluding hydrogens is 500 g/mol. The van der Waals surface area contributed by atoms with Crippen LogP contribution in [0.3, 0.4) is 0 Å². The first-order chi connectivity index (χ1) is 18.8. The molecule has 3 aromatic rings. The number of anilines is 1. The van der Waals surface area contributed by atoms with Gasteiger partial charge in [0.25, 0.3) is 8.32 Å². The highest BCUT2D eigenvalue weighted by molar-refractivity contribution is 6.99. The molecule has 0 fully saturated rings. The zero-order chi connectivity index (χ0) is 27.2. The molecule has 3 atom stereocenters. The van der Waals surface area contributed by atoms with Gasteiger partial charge in [0.2, 0.25) is 0 Å². The minimum Gasteiger partial charge on any atom is -0.453 e. The SMILES string of the molecule is COC(=O)N1CC(CO[Si](c2ccccc2)(c2ccccc2)C(C)(C)C)=C[C@H]2c3cccc4c3C(CN4)C[C@H]21. The van der Waals surface area contributed by atoms with E-state index in [9.17, 15) is 4.79 Å². The zero-order valence-electron chi connectivity index (χ0n) is 23.3. The van der Waals surface area contributed by atoms with Crippen LogP contribution in [0.15, 0.2) is 90.5 Å². The number of methoxy groups -OCH3 is 1. The van der Waals surface area contributed by atoms with Crippen molar-refractivity contribution >= 4 is 30.5 Å². The molecule has 0 saturated carbocycles. The third-order valence-electron chi connectivity index (χ3n) is 8.88. The third kappa shape index (κ3) is 4.30. The fraction of sp³-hybridized carbons (Fsp3) is 0.364. The molecule has 3 aliphatic rings. The number of rotatable bonds is 5. The molecule has 0 radical (unpaired) electrons. The van der Waals surface area contributed by atoms with E-state index in [-0.39, 0.29) is 23.1 Å². The van der Waals surface area contributed by atoms with E-state index >= 15 is 0 Å². The lowest BCUT2D eigenvalue weighted by molar-refractivity contribution is 0.0934. The van der Waals surface area contributed by atoms with Crippen molar-refractivity contribution < 1.29 is 14.0 Å². The van der Waals surface area contributed by atoms with E-state index in [1.165, 1.54) is 34.3 Å². The van der Waals surface area contributed by atoms with Crippen LogP contribution in [0.1, 0.15) is 50.2 Å². The fourth-order valence-corrected chi connectivity index (χ4v) is 11.8. The van der Waals surface area contributed by atoms with E-state index in [1.54, 1.807) is 0 Å². The maximum atomic E-state index is 13.1. The van der Waals surface area contributed by atoms with Gasteiger partial charge in [0.05, 0.1) is 13.7 Å². The molecule has 1 N–H and O–H groups in total. The number of nitrogens with one attached hydrogen (secondary N) is 1. The van der Waals surface area contributed by atoms with Gasteiger partial charge >= 0.3 is 6.09 Å². The van der Waals surface area contributed by atoms with E-state index in [0.29, 0.717) is 19.1 Å². The summed E-state index contributed by atoms with van der Waals surface area (Å²) in [5.74, 6) is 0.551. The van der Waals surface area contributed by atoms with Crippen LogP contribution >= 0.6 is 0 Å². The Morgan fingerprint density at radius 1 is 0.974 bits per heavy atom. The smallest absolute Gasteiger partial charge is 0.410 e. The Bertz CT molecular complexity index is 1340. The minimum absolute atomic E-state index is 0.0849. The van der Waals surface area contributed by atoms with Crippen molar-refractivity contribution in [2.45, 2.75) is 50.1 Å². The summed E-state index contributed by atoms with van der Waals surface area (Å²) in [5.41, 5.74) is 5.13. The Balaban J connectivity index is 1.41. The van der Waals surface area contributed by atoms with Crippen molar-refractivity contribution in [1.82, 2.24) is 4.90 Å². The van der Waals surface area contributed by atoms with Crippen molar-refractivity contribution in [3.8, 4) is 0 Å². The first kappa shape index (κ1) is 25.9. The summed E-state index contributed by atoms with van der Waals surface area (Å²) in [6.45, 7) is 8.83. The lowest BCUT2D eigenvalue weighted by Crippen LogP contribution is -2.66. The lowest BCUT2D eigenvalue weighted by Gasteiger charge is -2.46. The normalized spacial score (nSPS) is 21.9. The highest BCUT2D eigenvalue weighted by Gasteiger charge is 2.51. The average molecular weight is 539 g/mol. The molecule has 0 bridgehead atoms. The lowest BCUT2D eigenvalue weighted by atomic mass is 9.72. The molecule has 39 heavy (non-hydrogen) atoms. The van der Waals surface area contributed by atoms with E-state index in [0.717, 1.165) is 18.5 Å². The minimum atomic E-state index is -2.70. The van der Waals surface area contributed by atoms with Crippen molar-refractivity contribution in [1.29, 1.82) is 0 Å². The second kappa shape index (κ2) is 9.99. The molecule has 6 heteroatoms. The van der Waals surface area contributed by atoms with Crippen molar-refractivity contribution in [2.24, 2.45) is 0 Å². The Labute approximate surface area is 233 Å². The van der Waals surface area contributed by atoms with E-state index in [2.05, 4.69) is 111 Å². The summed E-state index contributed by atoms with van der Waals surface area (Å²) in [7, 11) is -1.22. The molecule has 0 saturated heterocycles. The summed E-state index contributed by atoms with van der Waals surface area (Å²) < 4.78 is 12.6. The summed E-state index contributed by atoms with van der Waals surface area (Å²) in [4.78, 5) is 15.1. The number of carbonyl (C=O) groups is 1. The quantitative estimate of drug-likeness (QED) is 0.338. The Morgan fingerprint density at radius 3 is 2.26 bits per heavy atom. The van der Waals surface area contributed by atoms with Gasteiger partial charge in [-0.2, -0.15) is 0 Å². The second-order valence-electron chi connectivity index (χ2n) is 12.1. The van der Waals surface area contributed by atoms with E-state index in [4.69, 9.17) is 9.16 Å². The van der Waals surface area contributed by atoms with Crippen LogP contribution in [0.2, 0.25) is 5.04 Å². The highest BCUT2D eigenvalue weighted by atomic mass is 28.4. The number of amides is 1. The Hall–Kier alpha value is -3.35. The summed E-state index contributed by atoms with van der Waals surface area (Å²) >= 11 is 0. The number of benzene rings is 3. The number of hydrogen-bond donors (Lipinski definition) is 1. The number of hydrogen-bond acceptors (Lipinski definition) is 4. The van der Waals surface area contributed by atoms with Crippen LogP contribution in [-0.2, 0) is 9.16 Å². The van der Waals surface area contributed by atoms with Crippen molar-refractivity contribution in [3.63, 3.8) is 0 Å². The van der Waals surface area contributed by atoms with Gasteiger partial charge in [-0.25, -0.2) is 4.79 Å². The van der Waals surface area contributed by atoms with Crippen molar-refractivity contribution in [3.05, 3.63) is 102 Å².